The fourth-order valence-corrected chi connectivity index (χ4v) is 2.56. The van der Waals surface area contributed by atoms with Crippen LogP contribution in [0.25, 0.3) is 22.3 Å². The van der Waals surface area contributed by atoms with E-state index in [9.17, 15) is 4.79 Å². The van der Waals surface area contributed by atoms with Crippen LogP contribution in [0.1, 0.15) is 5.56 Å². The lowest BCUT2D eigenvalue weighted by Crippen LogP contribution is -2.00. The van der Waals surface area contributed by atoms with Gasteiger partial charge in [0.1, 0.15) is 0 Å². The zero-order valence-electron chi connectivity index (χ0n) is 12.1. The highest BCUT2D eigenvalue weighted by Crippen LogP contribution is 2.28. The Morgan fingerprint density at radius 1 is 0.682 bits per heavy atom. The molecule has 0 spiro atoms. The van der Waals surface area contributed by atoms with Crippen molar-refractivity contribution in [3.8, 4) is 22.3 Å². The molecule has 2 nitrogen and oxygen atoms in total. The van der Waals surface area contributed by atoms with Crippen LogP contribution in [0.15, 0.2) is 78.9 Å². The van der Waals surface area contributed by atoms with Crippen LogP contribution in [0.4, 0.5) is 0 Å². The maximum atomic E-state index is 11.1. The molecule has 0 aliphatic carbocycles. The van der Waals surface area contributed by atoms with Gasteiger partial charge in [0.25, 0.3) is 0 Å². The summed E-state index contributed by atoms with van der Waals surface area (Å²) >= 11 is 0. The first-order chi connectivity index (χ1) is 10.7. The third-order valence-corrected chi connectivity index (χ3v) is 3.56. The molecule has 2 heteroatoms. The van der Waals surface area contributed by atoms with E-state index in [1.807, 2.05) is 72.8 Å². The molecule has 108 valence electrons. The quantitative estimate of drug-likeness (QED) is 0.759. The van der Waals surface area contributed by atoms with Crippen molar-refractivity contribution >= 4 is 5.97 Å². The van der Waals surface area contributed by atoms with Crippen LogP contribution in [-0.4, -0.2) is 11.1 Å². The Labute approximate surface area is 129 Å². The van der Waals surface area contributed by atoms with Gasteiger partial charge in [0, 0.05) is 0 Å². The fourth-order valence-electron chi connectivity index (χ4n) is 2.56. The molecule has 0 aliphatic rings. The predicted molar refractivity (Wildman–Crippen MR) is 88.7 cm³/mol. The van der Waals surface area contributed by atoms with Crippen molar-refractivity contribution in [2.24, 2.45) is 0 Å². The van der Waals surface area contributed by atoms with E-state index < -0.39 is 5.97 Å². The smallest absolute Gasteiger partial charge is 0.307 e. The second kappa shape index (κ2) is 6.27. The van der Waals surface area contributed by atoms with Crippen LogP contribution in [0, 0.1) is 0 Å². The molecule has 0 amide bonds. The summed E-state index contributed by atoms with van der Waals surface area (Å²) in [6, 6.07) is 26.1. The van der Waals surface area contributed by atoms with Crippen LogP contribution < -0.4 is 0 Å². The average molecular weight is 288 g/mol. The summed E-state index contributed by atoms with van der Waals surface area (Å²) in [5.74, 6) is -0.816. The van der Waals surface area contributed by atoms with Crippen molar-refractivity contribution in [2.45, 2.75) is 6.42 Å². The molecule has 0 radical (unpaired) electrons. The lowest BCUT2D eigenvalue weighted by Gasteiger charge is -2.10. The van der Waals surface area contributed by atoms with Crippen molar-refractivity contribution in [1.82, 2.24) is 0 Å². The van der Waals surface area contributed by atoms with Gasteiger partial charge in [-0.05, 0) is 33.9 Å². The molecule has 3 aromatic rings. The first kappa shape index (κ1) is 14.1. The monoisotopic (exact) mass is 288 g/mol. The number of benzene rings is 3. The van der Waals surface area contributed by atoms with Gasteiger partial charge in [-0.1, -0.05) is 72.8 Å². The number of aliphatic carboxylic acids is 1. The van der Waals surface area contributed by atoms with E-state index in [2.05, 4.69) is 6.07 Å². The van der Waals surface area contributed by atoms with Gasteiger partial charge in [0.05, 0.1) is 6.42 Å². The molecule has 3 rings (SSSR count). The summed E-state index contributed by atoms with van der Waals surface area (Å²) in [5.41, 5.74) is 5.07. The van der Waals surface area contributed by atoms with E-state index in [0.717, 1.165) is 27.8 Å². The topological polar surface area (TPSA) is 37.3 Å². The largest absolute Gasteiger partial charge is 0.481 e. The molecule has 0 bridgehead atoms. The van der Waals surface area contributed by atoms with Crippen molar-refractivity contribution in [3.05, 3.63) is 84.4 Å². The van der Waals surface area contributed by atoms with E-state index in [0.29, 0.717) is 0 Å². The lowest BCUT2D eigenvalue weighted by molar-refractivity contribution is -0.136. The SMILES string of the molecule is O=C(O)Cc1cc(-c2ccccc2)cc(-c2ccccc2)c1. The minimum Gasteiger partial charge on any atom is -0.481 e. The van der Waals surface area contributed by atoms with Gasteiger partial charge in [-0.15, -0.1) is 0 Å². The summed E-state index contributed by atoms with van der Waals surface area (Å²) in [5, 5.41) is 9.09. The molecule has 0 heterocycles. The number of hydrogen-bond acceptors (Lipinski definition) is 1. The van der Waals surface area contributed by atoms with Gasteiger partial charge in [-0.25, -0.2) is 0 Å². The first-order valence-electron chi connectivity index (χ1n) is 7.19. The van der Waals surface area contributed by atoms with E-state index in [1.54, 1.807) is 0 Å². The number of carboxylic acids is 1. The molecular weight excluding hydrogens is 272 g/mol. The number of hydrogen-bond donors (Lipinski definition) is 1. The van der Waals surface area contributed by atoms with Crippen molar-refractivity contribution < 1.29 is 9.90 Å². The molecule has 0 aromatic heterocycles. The van der Waals surface area contributed by atoms with Crippen molar-refractivity contribution in [1.29, 1.82) is 0 Å². The number of carboxylic acid groups (broad SMARTS) is 1. The Balaban J connectivity index is 2.12. The Kier molecular flexibility index (Phi) is 4.01. The zero-order valence-corrected chi connectivity index (χ0v) is 12.1. The Morgan fingerprint density at radius 2 is 1.14 bits per heavy atom. The standard InChI is InChI=1S/C20H16O2/c21-20(22)13-15-11-18(16-7-3-1-4-8-16)14-19(12-15)17-9-5-2-6-10-17/h1-12,14H,13H2,(H,21,22). The van der Waals surface area contributed by atoms with E-state index in [4.69, 9.17) is 5.11 Å². The highest BCUT2D eigenvalue weighted by Gasteiger charge is 2.07. The normalized spacial score (nSPS) is 10.4. The molecule has 22 heavy (non-hydrogen) atoms. The molecule has 0 saturated heterocycles. The summed E-state index contributed by atoms with van der Waals surface area (Å²) in [4.78, 5) is 11.1. The first-order valence-corrected chi connectivity index (χ1v) is 7.19. The maximum Gasteiger partial charge on any atom is 0.307 e. The fraction of sp³-hybridized carbons (Fsp3) is 0.0500. The van der Waals surface area contributed by atoms with Crippen LogP contribution in [0.5, 0.6) is 0 Å². The van der Waals surface area contributed by atoms with Gasteiger partial charge in [-0.3, -0.25) is 4.79 Å². The van der Waals surface area contributed by atoms with Crippen molar-refractivity contribution in [3.63, 3.8) is 0 Å². The average Bonchev–Trinajstić information content (AvgIpc) is 2.55. The lowest BCUT2D eigenvalue weighted by atomic mass is 9.95. The summed E-state index contributed by atoms with van der Waals surface area (Å²) in [6.45, 7) is 0. The highest BCUT2D eigenvalue weighted by atomic mass is 16.4. The molecular formula is C20H16O2. The molecule has 0 atom stereocenters. The van der Waals surface area contributed by atoms with Gasteiger partial charge >= 0.3 is 5.97 Å². The van der Waals surface area contributed by atoms with Crippen LogP contribution in [0.2, 0.25) is 0 Å². The Morgan fingerprint density at radius 3 is 1.55 bits per heavy atom. The van der Waals surface area contributed by atoms with E-state index in [-0.39, 0.29) is 6.42 Å². The number of rotatable bonds is 4. The van der Waals surface area contributed by atoms with Crippen LogP contribution in [0.3, 0.4) is 0 Å². The third-order valence-electron chi connectivity index (χ3n) is 3.56. The van der Waals surface area contributed by atoms with Crippen LogP contribution in [-0.2, 0) is 11.2 Å². The van der Waals surface area contributed by atoms with Gasteiger partial charge in [0.2, 0.25) is 0 Å². The van der Waals surface area contributed by atoms with E-state index in [1.165, 1.54) is 0 Å². The Bertz CT molecular complexity index is 720. The molecule has 3 aromatic carbocycles. The maximum absolute atomic E-state index is 11.1. The summed E-state index contributed by atoms with van der Waals surface area (Å²) < 4.78 is 0. The second-order valence-corrected chi connectivity index (χ2v) is 5.22. The molecule has 0 fully saturated rings. The zero-order chi connectivity index (χ0) is 15.4. The highest BCUT2D eigenvalue weighted by molar-refractivity contribution is 5.77. The minimum atomic E-state index is -0.816. The summed E-state index contributed by atoms with van der Waals surface area (Å²) in [7, 11) is 0. The van der Waals surface area contributed by atoms with Crippen LogP contribution >= 0.6 is 0 Å². The summed E-state index contributed by atoms with van der Waals surface area (Å²) in [6.07, 6.45) is 0.0283. The molecule has 0 unspecified atom stereocenters. The van der Waals surface area contributed by atoms with Gasteiger partial charge < -0.3 is 5.11 Å². The van der Waals surface area contributed by atoms with Crippen molar-refractivity contribution in [2.75, 3.05) is 0 Å². The van der Waals surface area contributed by atoms with Gasteiger partial charge in [0.15, 0.2) is 0 Å². The minimum absolute atomic E-state index is 0.0283. The van der Waals surface area contributed by atoms with E-state index >= 15 is 0 Å². The molecule has 0 saturated carbocycles. The second-order valence-electron chi connectivity index (χ2n) is 5.22. The van der Waals surface area contributed by atoms with Gasteiger partial charge in [-0.2, -0.15) is 0 Å². The third kappa shape index (κ3) is 3.23. The molecule has 0 aliphatic heterocycles. The number of carbonyl (C=O) groups is 1. The Hall–Kier alpha value is -2.87. The molecule has 1 N–H and O–H groups in total. The predicted octanol–water partition coefficient (Wildman–Crippen LogP) is 4.65.